The van der Waals surface area contributed by atoms with Crippen LogP contribution in [0.5, 0.6) is 0 Å². The van der Waals surface area contributed by atoms with Crippen LogP contribution in [0, 0.1) is 5.92 Å². The lowest BCUT2D eigenvalue weighted by Gasteiger charge is -2.04. The first-order valence-electron chi connectivity index (χ1n) is 4.44. The van der Waals surface area contributed by atoms with E-state index in [9.17, 15) is 4.79 Å². The first-order valence-corrected chi connectivity index (χ1v) is 6.48. The molecule has 5 heteroatoms. The van der Waals surface area contributed by atoms with Crippen molar-refractivity contribution in [2.75, 3.05) is 12.0 Å². The Labute approximate surface area is 92.1 Å². The predicted octanol–water partition coefficient (Wildman–Crippen LogP) is 2.68. The number of carbonyl (C=O) groups excluding carboxylic acids is 1. The van der Waals surface area contributed by atoms with E-state index in [2.05, 4.69) is 4.98 Å². The quantitative estimate of drug-likeness (QED) is 0.638. The summed E-state index contributed by atoms with van der Waals surface area (Å²) >= 11 is 2.90. The maximum Gasteiger partial charge on any atom is 0.179 e. The number of Topliss-reactive ketones (excluding diaryl/α,β-unsaturated/α-hetero) is 1. The van der Waals surface area contributed by atoms with Gasteiger partial charge >= 0.3 is 0 Å². The van der Waals surface area contributed by atoms with Gasteiger partial charge in [-0.3, -0.25) is 4.79 Å². The van der Waals surface area contributed by atoms with Gasteiger partial charge in [0.25, 0.3) is 0 Å². The lowest BCUT2D eigenvalue weighted by molar-refractivity contribution is 0.0932. The predicted molar refractivity (Wildman–Crippen MR) is 62.1 cm³/mol. The standard InChI is InChI=1S/C9H14N2OS2/c1-4-5(2)6(12)7-8(10)11-9(13-3)14-7/h5H,4,10H2,1-3H3. The number of rotatable bonds is 4. The molecule has 1 aromatic heterocycles. The van der Waals surface area contributed by atoms with Crippen LogP contribution in [0.1, 0.15) is 29.9 Å². The molecule has 1 heterocycles. The van der Waals surface area contributed by atoms with Gasteiger partial charge in [0, 0.05) is 5.92 Å². The van der Waals surface area contributed by atoms with Crippen LogP contribution in [-0.4, -0.2) is 17.0 Å². The minimum atomic E-state index is 0.0347. The van der Waals surface area contributed by atoms with Gasteiger partial charge in [-0.05, 0) is 12.7 Å². The van der Waals surface area contributed by atoms with Crippen molar-refractivity contribution in [1.29, 1.82) is 0 Å². The minimum Gasteiger partial charge on any atom is -0.382 e. The van der Waals surface area contributed by atoms with Gasteiger partial charge in [0.15, 0.2) is 10.1 Å². The van der Waals surface area contributed by atoms with Crippen LogP contribution in [-0.2, 0) is 0 Å². The van der Waals surface area contributed by atoms with Crippen LogP contribution in [0.3, 0.4) is 0 Å². The number of nitrogens with zero attached hydrogens (tertiary/aromatic N) is 1. The summed E-state index contributed by atoms with van der Waals surface area (Å²) in [5, 5.41) is 0. The zero-order chi connectivity index (χ0) is 10.7. The molecule has 0 aliphatic carbocycles. The van der Waals surface area contributed by atoms with E-state index in [0.29, 0.717) is 10.7 Å². The van der Waals surface area contributed by atoms with E-state index in [1.165, 1.54) is 23.1 Å². The summed E-state index contributed by atoms with van der Waals surface area (Å²) in [4.78, 5) is 16.5. The van der Waals surface area contributed by atoms with Gasteiger partial charge in [-0.15, -0.1) is 11.3 Å². The number of thiazole rings is 1. The molecule has 1 unspecified atom stereocenters. The van der Waals surface area contributed by atoms with Gasteiger partial charge < -0.3 is 5.73 Å². The number of hydrogen-bond donors (Lipinski definition) is 1. The Bertz CT molecular complexity index is 336. The molecule has 78 valence electrons. The Morgan fingerprint density at radius 3 is 2.79 bits per heavy atom. The SMILES string of the molecule is CCC(C)C(=O)c1sc(SC)nc1N. The molecule has 0 fully saturated rings. The van der Waals surface area contributed by atoms with Crippen molar-refractivity contribution in [2.24, 2.45) is 5.92 Å². The third-order valence-electron chi connectivity index (χ3n) is 2.09. The fraction of sp³-hybridized carbons (Fsp3) is 0.556. The zero-order valence-electron chi connectivity index (χ0n) is 8.53. The van der Waals surface area contributed by atoms with Crippen LogP contribution < -0.4 is 5.73 Å². The molecule has 14 heavy (non-hydrogen) atoms. The molecule has 0 spiro atoms. The molecule has 0 radical (unpaired) electrons. The first kappa shape index (κ1) is 11.5. The lowest BCUT2D eigenvalue weighted by atomic mass is 10.0. The summed E-state index contributed by atoms with van der Waals surface area (Å²) < 4.78 is 0.856. The van der Waals surface area contributed by atoms with Crippen molar-refractivity contribution >= 4 is 34.7 Å². The van der Waals surface area contributed by atoms with Crippen LogP contribution >= 0.6 is 23.1 Å². The Morgan fingerprint density at radius 1 is 1.71 bits per heavy atom. The summed E-state index contributed by atoms with van der Waals surface area (Å²) in [5.41, 5.74) is 5.68. The Balaban J connectivity index is 2.94. The molecule has 0 saturated carbocycles. The van der Waals surface area contributed by atoms with Gasteiger partial charge in [-0.2, -0.15) is 0 Å². The molecular formula is C9H14N2OS2. The van der Waals surface area contributed by atoms with Crippen LogP contribution in [0.15, 0.2) is 4.34 Å². The highest BCUT2D eigenvalue weighted by Crippen LogP contribution is 2.29. The van der Waals surface area contributed by atoms with E-state index in [-0.39, 0.29) is 11.7 Å². The zero-order valence-corrected chi connectivity index (χ0v) is 10.2. The molecule has 0 saturated heterocycles. The first-order chi connectivity index (χ1) is 6.60. The van der Waals surface area contributed by atoms with Crippen molar-refractivity contribution < 1.29 is 4.79 Å². The van der Waals surface area contributed by atoms with Crippen molar-refractivity contribution in [1.82, 2.24) is 4.98 Å². The number of aromatic nitrogens is 1. The number of nitrogens with two attached hydrogens (primary N) is 1. The van der Waals surface area contributed by atoms with E-state index in [1.807, 2.05) is 20.1 Å². The van der Waals surface area contributed by atoms with E-state index in [4.69, 9.17) is 5.73 Å². The van der Waals surface area contributed by atoms with Gasteiger partial charge in [0.1, 0.15) is 10.7 Å². The molecule has 2 N–H and O–H groups in total. The van der Waals surface area contributed by atoms with Crippen LogP contribution in [0.4, 0.5) is 5.82 Å². The number of hydrogen-bond acceptors (Lipinski definition) is 5. The maximum absolute atomic E-state index is 11.8. The second kappa shape index (κ2) is 4.79. The normalized spacial score (nSPS) is 12.8. The highest BCUT2D eigenvalue weighted by atomic mass is 32.2. The molecule has 0 aliphatic rings. The van der Waals surface area contributed by atoms with Crippen molar-refractivity contribution in [3.05, 3.63) is 4.88 Å². The summed E-state index contributed by atoms with van der Waals surface area (Å²) in [7, 11) is 0. The molecule has 1 rings (SSSR count). The summed E-state index contributed by atoms with van der Waals surface area (Å²) in [6, 6.07) is 0. The number of nitrogen functional groups attached to an aromatic ring is 1. The van der Waals surface area contributed by atoms with Crippen LogP contribution in [0.25, 0.3) is 0 Å². The second-order valence-corrected chi connectivity index (χ2v) is 5.12. The Morgan fingerprint density at radius 2 is 2.36 bits per heavy atom. The summed E-state index contributed by atoms with van der Waals surface area (Å²) in [5.74, 6) is 0.528. The highest BCUT2D eigenvalue weighted by Gasteiger charge is 2.20. The highest BCUT2D eigenvalue weighted by molar-refractivity contribution is 8.00. The third kappa shape index (κ3) is 2.27. The largest absolute Gasteiger partial charge is 0.382 e. The number of thioether (sulfide) groups is 1. The molecule has 0 aliphatic heterocycles. The molecule has 0 bridgehead atoms. The number of anilines is 1. The molecule has 3 nitrogen and oxygen atoms in total. The minimum absolute atomic E-state index is 0.0347. The fourth-order valence-electron chi connectivity index (χ4n) is 0.985. The maximum atomic E-state index is 11.8. The van der Waals surface area contributed by atoms with E-state index in [0.717, 1.165) is 10.8 Å². The molecule has 0 aromatic carbocycles. The number of ketones is 1. The summed E-state index contributed by atoms with van der Waals surface area (Å²) in [6.45, 7) is 3.91. The van der Waals surface area contributed by atoms with E-state index < -0.39 is 0 Å². The molecule has 1 aromatic rings. The second-order valence-electron chi connectivity index (χ2n) is 3.07. The van der Waals surface area contributed by atoms with Crippen LogP contribution in [0.2, 0.25) is 0 Å². The van der Waals surface area contributed by atoms with Gasteiger partial charge in [-0.25, -0.2) is 4.98 Å². The topological polar surface area (TPSA) is 56.0 Å². The molecule has 0 amide bonds. The van der Waals surface area contributed by atoms with Crippen molar-refractivity contribution in [3.63, 3.8) is 0 Å². The van der Waals surface area contributed by atoms with E-state index in [1.54, 1.807) is 0 Å². The van der Waals surface area contributed by atoms with Gasteiger partial charge in [0.05, 0.1) is 0 Å². The Hall–Kier alpha value is -0.550. The third-order valence-corrected chi connectivity index (χ3v) is 4.16. The molecular weight excluding hydrogens is 216 g/mol. The lowest BCUT2D eigenvalue weighted by Crippen LogP contribution is -2.10. The molecule has 1 atom stereocenters. The van der Waals surface area contributed by atoms with Crippen molar-refractivity contribution in [3.8, 4) is 0 Å². The van der Waals surface area contributed by atoms with Crippen molar-refractivity contribution in [2.45, 2.75) is 24.6 Å². The Kier molecular flexibility index (Phi) is 3.95. The average Bonchev–Trinajstić information content (AvgIpc) is 2.57. The monoisotopic (exact) mass is 230 g/mol. The smallest absolute Gasteiger partial charge is 0.179 e. The fourth-order valence-corrected chi connectivity index (χ4v) is 2.53. The summed E-state index contributed by atoms with van der Waals surface area (Å²) in [6.07, 6.45) is 2.76. The van der Waals surface area contributed by atoms with Gasteiger partial charge in [-0.1, -0.05) is 25.6 Å². The van der Waals surface area contributed by atoms with Gasteiger partial charge in [0.2, 0.25) is 0 Å². The average molecular weight is 230 g/mol. The number of carbonyl (C=O) groups is 1. The van der Waals surface area contributed by atoms with E-state index >= 15 is 0 Å².